The van der Waals surface area contributed by atoms with Crippen LogP contribution in [-0.4, -0.2) is 25.2 Å². The normalized spacial score (nSPS) is 17.6. The highest BCUT2D eigenvalue weighted by molar-refractivity contribution is 4.99. The van der Waals surface area contributed by atoms with Crippen molar-refractivity contribution in [3.63, 3.8) is 0 Å². The second-order valence-corrected chi connectivity index (χ2v) is 4.72. The molecule has 1 aliphatic carbocycles. The molecule has 2 N–H and O–H groups in total. The van der Waals surface area contributed by atoms with Crippen molar-refractivity contribution >= 4 is 0 Å². The standard InChI is InChI=1S/C13H22N2O/c1-11(10-13-4-2-9-16-13)14-7-3-8-15-12-5-6-12/h2,4,9,11-12,14-15H,3,5-8,10H2,1H3. The van der Waals surface area contributed by atoms with Crippen molar-refractivity contribution in [1.82, 2.24) is 10.6 Å². The molecule has 0 saturated heterocycles. The quantitative estimate of drug-likeness (QED) is 0.660. The summed E-state index contributed by atoms with van der Waals surface area (Å²) >= 11 is 0. The number of rotatable bonds is 8. The Balaban J connectivity index is 1.48. The summed E-state index contributed by atoms with van der Waals surface area (Å²) in [6.07, 6.45) is 6.67. The minimum Gasteiger partial charge on any atom is -0.469 e. The van der Waals surface area contributed by atoms with Gasteiger partial charge in [-0.05, 0) is 51.4 Å². The highest BCUT2D eigenvalue weighted by atomic mass is 16.3. The van der Waals surface area contributed by atoms with Gasteiger partial charge >= 0.3 is 0 Å². The molecule has 1 aromatic heterocycles. The maximum absolute atomic E-state index is 5.32. The van der Waals surface area contributed by atoms with E-state index >= 15 is 0 Å². The fourth-order valence-electron chi connectivity index (χ4n) is 1.83. The molecule has 1 atom stereocenters. The van der Waals surface area contributed by atoms with Gasteiger partial charge in [0.2, 0.25) is 0 Å². The van der Waals surface area contributed by atoms with E-state index in [1.165, 1.54) is 19.3 Å². The minimum atomic E-state index is 0.493. The summed E-state index contributed by atoms with van der Waals surface area (Å²) in [6.45, 7) is 4.43. The van der Waals surface area contributed by atoms with Crippen LogP contribution >= 0.6 is 0 Å². The van der Waals surface area contributed by atoms with Gasteiger partial charge < -0.3 is 15.1 Å². The molecule has 1 saturated carbocycles. The number of hydrogen-bond donors (Lipinski definition) is 2. The summed E-state index contributed by atoms with van der Waals surface area (Å²) < 4.78 is 5.32. The Hall–Kier alpha value is -0.800. The van der Waals surface area contributed by atoms with Gasteiger partial charge in [-0.25, -0.2) is 0 Å². The van der Waals surface area contributed by atoms with E-state index in [1.54, 1.807) is 6.26 Å². The van der Waals surface area contributed by atoms with Gasteiger partial charge in [0.25, 0.3) is 0 Å². The highest BCUT2D eigenvalue weighted by Gasteiger charge is 2.19. The summed E-state index contributed by atoms with van der Waals surface area (Å²) in [5.74, 6) is 1.07. The molecule has 0 amide bonds. The lowest BCUT2D eigenvalue weighted by Gasteiger charge is -2.12. The van der Waals surface area contributed by atoms with Crippen LogP contribution in [-0.2, 0) is 6.42 Å². The Morgan fingerprint density at radius 2 is 2.31 bits per heavy atom. The second-order valence-electron chi connectivity index (χ2n) is 4.72. The summed E-state index contributed by atoms with van der Waals surface area (Å²) in [5, 5.41) is 7.03. The summed E-state index contributed by atoms with van der Waals surface area (Å²) in [6, 6.07) is 5.31. The van der Waals surface area contributed by atoms with Gasteiger partial charge in [-0.15, -0.1) is 0 Å². The van der Waals surface area contributed by atoms with E-state index in [2.05, 4.69) is 17.6 Å². The lowest BCUT2D eigenvalue weighted by molar-refractivity contribution is 0.452. The van der Waals surface area contributed by atoms with Gasteiger partial charge in [0, 0.05) is 18.5 Å². The SMILES string of the molecule is CC(Cc1ccco1)NCCCNC1CC1. The molecule has 0 radical (unpaired) electrons. The molecule has 0 aromatic carbocycles. The van der Waals surface area contributed by atoms with Crippen LogP contribution in [0.3, 0.4) is 0 Å². The van der Waals surface area contributed by atoms with Crippen molar-refractivity contribution in [2.45, 2.75) is 44.7 Å². The van der Waals surface area contributed by atoms with E-state index in [0.717, 1.165) is 31.3 Å². The first kappa shape index (κ1) is 11.7. The fraction of sp³-hybridized carbons (Fsp3) is 0.692. The maximum Gasteiger partial charge on any atom is 0.105 e. The van der Waals surface area contributed by atoms with Gasteiger partial charge in [0.05, 0.1) is 6.26 Å². The molecule has 0 aliphatic heterocycles. The zero-order valence-electron chi connectivity index (χ0n) is 10.0. The Morgan fingerprint density at radius 3 is 3.00 bits per heavy atom. The molecule has 90 valence electrons. The van der Waals surface area contributed by atoms with Crippen molar-refractivity contribution in [2.24, 2.45) is 0 Å². The molecule has 2 rings (SSSR count). The zero-order valence-corrected chi connectivity index (χ0v) is 10.0. The van der Waals surface area contributed by atoms with E-state index in [4.69, 9.17) is 4.42 Å². The van der Waals surface area contributed by atoms with Crippen LogP contribution in [0.4, 0.5) is 0 Å². The molecule has 0 spiro atoms. The minimum absolute atomic E-state index is 0.493. The number of hydrogen-bond acceptors (Lipinski definition) is 3. The first-order chi connectivity index (χ1) is 7.84. The Bertz CT molecular complexity index is 280. The number of furan rings is 1. The summed E-state index contributed by atoms with van der Waals surface area (Å²) in [4.78, 5) is 0. The molecule has 1 heterocycles. The second kappa shape index (κ2) is 6.06. The maximum atomic E-state index is 5.32. The molecule has 3 heteroatoms. The molecule has 1 aliphatic rings. The third-order valence-corrected chi connectivity index (χ3v) is 2.94. The number of nitrogens with one attached hydrogen (secondary N) is 2. The van der Waals surface area contributed by atoms with Crippen LogP contribution in [0.25, 0.3) is 0 Å². The molecule has 0 bridgehead atoms. The third kappa shape index (κ3) is 4.37. The average Bonchev–Trinajstić information content (AvgIpc) is 2.95. The van der Waals surface area contributed by atoms with Crippen LogP contribution in [0.15, 0.2) is 22.8 Å². The zero-order chi connectivity index (χ0) is 11.2. The average molecular weight is 222 g/mol. The third-order valence-electron chi connectivity index (χ3n) is 2.94. The lowest BCUT2D eigenvalue weighted by Crippen LogP contribution is -2.31. The predicted octanol–water partition coefficient (Wildman–Crippen LogP) is 1.94. The largest absolute Gasteiger partial charge is 0.469 e. The van der Waals surface area contributed by atoms with E-state index in [-0.39, 0.29) is 0 Å². The summed E-state index contributed by atoms with van der Waals surface area (Å²) in [5.41, 5.74) is 0. The van der Waals surface area contributed by atoms with Crippen molar-refractivity contribution < 1.29 is 4.42 Å². The fourth-order valence-corrected chi connectivity index (χ4v) is 1.83. The Kier molecular flexibility index (Phi) is 4.43. The first-order valence-electron chi connectivity index (χ1n) is 6.34. The smallest absolute Gasteiger partial charge is 0.105 e. The van der Waals surface area contributed by atoms with Gasteiger partial charge in [0.15, 0.2) is 0 Å². The predicted molar refractivity (Wildman–Crippen MR) is 65.5 cm³/mol. The van der Waals surface area contributed by atoms with E-state index in [0.29, 0.717) is 6.04 Å². The van der Waals surface area contributed by atoms with Gasteiger partial charge in [0.1, 0.15) is 5.76 Å². The highest BCUT2D eigenvalue weighted by Crippen LogP contribution is 2.18. The van der Waals surface area contributed by atoms with E-state index in [9.17, 15) is 0 Å². The Labute approximate surface area is 97.6 Å². The monoisotopic (exact) mass is 222 g/mol. The van der Waals surface area contributed by atoms with Gasteiger partial charge in [-0.1, -0.05) is 0 Å². The van der Waals surface area contributed by atoms with Crippen molar-refractivity contribution in [2.75, 3.05) is 13.1 Å². The topological polar surface area (TPSA) is 37.2 Å². The van der Waals surface area contributed by atoms with Crippen molar-refractivity contribution in [3.8, 4) is 0 Å². The summed E-state index contributed by atoms with van der Waals surface area (Å²) in [7, 11) is 0. The van der Waals surface area contributed by atoms with Gasteiger partial charge in [-0.3, -0.25) is 0 Å². The van der Waals surface area contributed by atoms with Crippen LogP contribution in [0.1, 0.15) is 31.9 Å². The molecule has 1 fully saturated rings. The van der Waals surface area contributed by atoms with Crippen molar-refractivity contribution in [3.05, 3.63) is 24.2 Å². The first-order valence-corrected chi connectivity index (χ1v) is 6.34. The van der Waals surface area contributed by atoms with E-state index < -0.39 is 0 Å². The van der Waals surface area contributed by atoms with Gasteiger partial charge in [-0.2, -0.15) is 0 Å². The van der Waals surface area contributed by atoms with Crippen LogP contribution in [0, 0.1) is 0 Å². The van der Waals surface area contributed by atoms with E-state index in [1.807, 2.05) is 12.1 Å². The molecular formula is C13H22N2O. The van der Waals surface area contributed by atoms with Crippen LogP contribution in [0.2, 0.25) is 0 Å². The van der Waals surface area contributed by atoms with Crippen molar-refractivity contribution in [1.29, 1.82) is 0 Å². The molecule has 3 nitrogen and oxygen atoms in total. The van der Waals surface area contributed by atoms with Crippen LogP contribution < -0.4 is 10.6 Å². The molecule has 1 unspecified atom stereocenters. The van der Waals surface area contributed by atoms with Crippen LogP contribution in [0.5, 0.6) is 0 Å². The molecule has 16 heavy (non-hydrogen) atoms. The molecule has 1 aromatic rings. The lowest BCUT2D eigenvalue weighted by atomic mass is 10.2. The Morgan fingerprint density at radius 1 is 1.44 bits per heavy atom. The molecular weight excluding hydrogens is 200 g/mol.